The van der Waals surface area contributed by atoms with Crippen molar-refractivity contribution < 1.29 is 34.2 Å². The van der Waals surface area contributed by atoms with Crippen LogP contribution in [-0.4, -0.2) is 69.9 Å². The predicted octanol–water partition coefficient (Wildman–Crippen LogP) is -0.897. The van der Waals surface area contributed by atoms with Crippen molar-refractivity contribution >= 4 is 46.3 Å². The maximum Gasteiger partial charge on any atom is 0.235 e. The van der Waals surface area contributed by atoms with E-state index in [-0.39, 0.29) is 29.1 Å². The Morgan fingerprint density at radius 2 is 1.84 bits per heavy atom. The third kappa shape index (κ3) is 2.69. The fraction of sp³-hybridized carbons (Fsp3) is 0.476. The molecule has 1 aromatic rings. The standard InChI is InChI=1S/C21H22ClN3O7/c1-25(2)14-8-4-6-3-7-5-9(22)13(23)16(27)10(7)15(26)11(6)18(29)21(8,32)19(30)12(17(14)28)20(24)31/h5-6,8,11-12,14,27,32H,3-4,23H2,1-2H3,(H2,24,31)/t6?,8?,11?,12?,14-,21-/m0/s1. The number of carbonyl (C=O) groups is 5. The van der Waals surface area contributed by atoms with Crippen LogP contribution in [0, 0.1) is 23.7 Å². The van der Waals surface area contributed by atoms with Crippen LogP contribution in [0.15, 0.2) is 6.07 Å². The lowest BCUT2D eigenvalue weighted by Gasteiger charge is -2.52. The van der Waals surface area contributed by atoms with Gasteiger partial charge in [-0.05, 0) is 44.5 Å². The first-order chi connectivity index (χ1) is 14.8. The number of benzene rings is 1. The summed E-state index contributed by atoms with van der Waals surface area (Å²) in [5, 5.41) is 21.9. The summed E-state index contributed by atoms with van der Waals surface area (Å²) in [7, 11) is 3.05. The Morgan fingerprint density at radius 3 is 2.41 bits per heavy atom. The highest BCUT2D eigenvalue weighted by molar-refractivity contribution is 6.35. The van der Waals surface area contributed by atoms with Crippen molar-refractivity contribution in [2.24, 2.45) is 29.4 Å². The summed E-state index contributed by atoms with van der Waals surface area (Å²) in [6, 6.07) is 0.301. The number of aliphatic hydroxyl groups is 1. The minimum Gasteiger partial charge on any atom is -0.505 e. The van der Waals surface area contributed by atoms with Gasteiger partial charge in [-0.25, -0.2) is 0 Å². The molecule has 1 amide bonds. The molecule has 0 spiro atoms. The maximum atomic E-state index is 13.5. The van der Waals surface area contributed by atoms with Gasteiger partial charge in [0.15, 0.2) is 40.4 Å². The number of anilines is 1. The van der Waals surface area contributed by atoms with Gasteiger partial charge in [0.1, 0.15) is 0 Å². The van der Waals surface area contributed by atoms with Crippen LogP contribution < -0.4 is 11.5 Å². The summed E-state index contributed by atoms with van der Waals surface area (Å²) in [6.07, 6.45) is 0.117. The number of rotatable bonds is 2. The molecule has 4 rings (SSSR count). The number of carbonyl (C=O) groups excluding carboxylic acids is 5. The Labute approximate surface area is 187 Å². The summed E-state index contributed by atoms with van der Waals surface area (Å²) in [5.41, 5.74) is 8.22. The Balaban J connectivity index is 1.88. The average molecular weight is 464 g/mol. The van der Waals surface area contributed by atoms with Gasteiger partial charge in [-0.15, -0.1) is 0 Å². The number of hydrogen-bond donors (Lipinski definition) is 4. The molecule has 0 aliphatic heterocycles. The molecule has 0 saturated heterocycles. The highest BCUT2D eigenvalue weighted by Gasteiger charge is 2.69. The number of Topliss-reactive ketones (excluding diaryl/α,β-unsaturated/α-hetero) is 4. The number of phenolic OH excluding ortho intramolecular Hbond substituents is 1. The molecular formula is C21H22ClN3O7. The molecule has 0 bridgehead atoms. The van der Waals surface area contributed by atoms with Crippen molar-refractivity contribution in [3.05, 3.63) is 22.2 Å². The molecule has 170 valence electrons. The topological polar surface area (TPSA) is 181 Å². The number of halogens is 1. The molecule has 3 aliphatic rings. The van der Waals surface area contributed by atoms with E-state index in [0.29, 0.717) is 5.56 Å². The molecular weight excluding hydrogens is 442 g/mol. The summed E-state index contributed by atoms with van der Waals surface area (Å²) in [4.78, 5) is 66.2. The van der Waals surface area contributed by atoms with E-state index in [1.165, 1.54) is 25.1 Å². The van der Waals surface area contributed by atoms with Gasteiger partial charge < -0.3 is 21.7 Å². The summed E-state index contributed by atoms with van der Waals surface area (Å²) in [6.45, 7) is 0. The molecule has 6 atom stereocenters. The molecule has 6 N–H and O–H groups in total. The molecule has 2 saturated carbocycles. The van der Waals surface area contributed by atoms with Gasteiger partial charge >= 0.3 is 0 Å². The van der Waals surface area contributed by atoms with Crippen molar-refractivity contribution in [1.29, 1.82) is 0 Å². The van der Waals surface area contributed by atoms with E-state index in [9.17, 15) is 34.2 Å². The maximum absolute atomic E-state index is 13.5. The highest BCUT2D eigenvalue weighted by atomic mass is 35.5. The van der Waals surface area contributed by atoms with Crippen molar-refractivity contribution in [2.45, 2.75) is 24.5 Å². The summed E-state index contributed by atoms with van der Waals surface area (Å²) >= 11 is 6.04. The number of nitrogens with zero attached hydrogens (tertiary/aromatic N) is 1. The fourth-order valence-electron chi connectivity index (χ4n) is 5.64. The number of nitrogen functional groups attached to an aromatic ring is 1. The lowest BCUT2D eigenvalue weighted by molar-refractivity contribution is -0.181. The second-order valence-corrected chi connectivity index (χ2v) is 9.35. The van der Waals surface area contributed by atoms with Crippen LogP contribution in [0.4, 0.5) is 5.69 Å². The van der Waals surface area contributed by atoms with E-state index in [1.807, 2.05) is 0 Å². The zero-order chi connectivity index (χ0) is 23.9. The number of nitrogens with two attached hydrogens (primary N) is 2. The Bertz CT molecular complexity index is 1120. The second kappa shape index (κ2) is 7.09. The zero-order valence-electron chi connectivity index (χ0n) is 17.3. The van der Waals surface area contributed by atoms with Crippen LogP contribution in [0.25, 0.3) is 0 Å². The molecule has 0 heterocycles. The third-order valence-corrected chi connectivity index (χ3v) is 7.35. The first-order valence-electron chi connectivity index (χ1n) is 9.98. The van der Waals surface area contributed by atoms with Crippen LogP contribution >= 0.6 is 11.6 Å². The Hall–Kier alpha value is -2.82. The van der Waals surface area contributed by atoms with Gasteiger partial charge in [-0.1, -0.05) is 11.6 Å². The van der Waals surface area contributed by atoms with Crippen LogP contribution in [0.5, 0.6) is 5.75 Å². The number of primary amides is 1. The van der Waals surface area contributed by atoms with Crippen LogP contribution in [-0.2, 0) is 25.6 Å². The number of ketones is 4. The minimum absolute atomic E-state index is 0.0212. The largest absolute Gasteiger partial charge is 0.505 e. The molecule has 1 aromatic carbocycles. The van der Waals surface area contributed by atoms with Crippen LogP contribution in [0.2, 0.25) is 5.02 Å². The van der Waals surface area contributed by atoms with Crippen LogP contribution in [0.1, 0.15) is 22.3 Å². The minimum atomic E-state index is -2.75. The lowest BCUT2D eigenvalue weighted by atomic mass is 9.52. The number of likely N-dealkylation sites (N-methyl/N-ethyl adjacent to an activating group) is 1. The lowest BCUT2D eigenvalue weighted by Crippen LogP contribution is -2.74. The SMILES string of the molecule is CN(C)[C@@H]1C(=O)C(C(N)=O)C(=O)[C@@]2(O)C(=O)C3C(=O)c4c(cc(Cl)c(N)c4O)CC3CC12. The zero-order valence-corrected chi connectivity index (χ0v) is 18.0. The molecule has 32 heavy (non-hydrogen) atoms. The third-order valence-electron chi connectivity index (χ3n) is 7.04. The van der Waals surface area contributed by atoms with Crippen LogP contribution in [0.3, 0.4) is 0 Å². The van der Waals surface area contributed by atoms with Crippen molar-refractivity contribution in [3.63, 3.8) is 0 Å². The molecule has 10 nitrogen and oxygen atoms in total. The molecule has 11 heteroatoms. The molecule has 4 unspecified atom stereocenters. The Kier molecular flexibility index (Phi) is 4.96. The number of phenols is 1. The number of aromatic hydroxyl groups is 1. The van der Waals surface area contributed by atoms with Gasteiger partial charge in [0.25, 0.3) is 0 Å². The fourth-order valence-corrected chi connectivity index (χ4v) is 5.86. The van der Waals surface area contributed by atoms with Gasteiger partial charge in [0.05, 0.1) is 28.2 Å². The van der Waals surface area contributed by atoms with E-state index in [1.54, 1.807) is 0 Å². The van der Waals surface area contributed by atoms with Gasteiger partial charge in [0, 0.05) is 5.92 Å². The van der Waals surface area contributed by atoms with E-state index < -0.39 is 70.1 Å². The monoisotopic (exact) mass is 463 g/mol. The van der Waals surface area contributed by atoms with Crippen molar-refractivity contribution in [3.8, 4) is 5.75 Å². The van der Waals surface area contributed by atoms with E-state index in [4.69, 9.17) is 23.1 Å². The molecule has 0 aromatic heterocycles. The summed E-state index contributed by atoms with van der Waals surface area (Å²) < 4.78 is 0. The van der Waals surface area contributed by atoms with Gasteiger partial charge in [0.2, 0.25) is 5.91 Å². The average Bonchev–Trinajstić information content (AvgIpc) is 2.68. The van der Waals surface area contributed by atoms with E-state index in [2.05, 4.69) is 0 Å². The number of fused-ring (bicyclic) bond motifs is 3. The number of amides is 1. The second-order valence-electron chi connectivity index (χ2n) is 8.94. The predicted molar refractivity (Wildman–Crippen MR) is 111 cm³/mol. The first kappa shape index (κ1) is 22.4. The normalized spacial score (nSPS) is 34.2. The quantitative estimate of drug-likeness (QED) is 0.245. The van der Waals surface area contributed by atoms with Gasteiger partial charge in [-0.3, -0.25) is 28.9 Å². The van der Waals surface area contributed by atoms with Gasteiger partial charge in [-0.2, -0.15) is 0 Å². The van der Waals surface area contributed by atoms with Crippen molar-refractivity contribution in [2.75, 3.05) is 19.8 Å². The molecule has 3 aliphatic carbocycles. The highest BCUT2D eigenvalue weighted by Crippen LogP contribution is 2.51. The first-order valence-corrected chi connectivity index (χ1v) is 10.4. The smallest absolute Gasteiger partial charge is 0.235 e. The van der Waals surface area contributed by atoms with Crippen molar-refractivity contribution in [1.82, 2.24) is 4.90 Å². The van der Waals surface area contributed by atoms with E-state index in [0.717, 1.165) is 0 Å². The Morgan fingerprint density at radius 1 is 1.22 bits per heavy atom. The van der Waals surface area contributed by atoms with E-state index >= 15 is 0 Å². The molecule has 0 radical (unpaired) electrons. The number of hydrogen-bond acceptors (Lipinski definition) is 9. The molecule has 2 fully saturated rings. The summed E-state index contributed by atoms with van der Waals surface area (Å²) in [5.74, 6) is -11.1.